The molecule has 6 nitrogen and oxygen atoms in total. The number of anilines is 2. The van der Waals surface area contributed by atoms with E-state index in [0.29, 0.717) is 12.5 Å². The maximum absolute atomic E-state index is 5.34. The molecule has 0 saturated heterocycles. The number of benzene rings is 1. The molecule has 0 aliphatic rings. The number of para-hydroxylation sites is 1. The number of aromatic nitrogens is 3. The fourth-order valence-corrected chi connectivity index (χ4v) is 2.09. The molecule has 118 valence electrons. The van der Waals surface area contributed by atoms with Crippen LogP contribution in [0.2, 0.25) is 0 Å². The fourth-order valence-electron chi connectivity index (χ4n) is 2.09. The number of nitrogens with zero attached hydrogens (tertiary/aromatic N) is 4. The second-order valence-electron chi connectivity index (χ2n) is 5.08. The average Bonchev–Trinajstić information content (AvgIpc) is 2.58. The average molecular weight is 301 g/mol. The summed E-state index contributed by atoms with van der Waals surface area (Å²) in [5.41, 5.74) is 1.05. The molecular formula is C16H23N5O. The van der Waals surface area contributed by atoms with Crippen LogP contribution in [0.5, 0.6) is 5.75 Å². The number of ether oxygens (including phenoxy) is 1. The third kappa shape index (κ3) is 4.31. The van der Waals surface area contributed by atoms with E-state index in [2.05, 4.69) is 32.3 Å². The van der Waals surface area contributed by atoms with Crippen molar-refractivity contribution in [3.05, 3.63) is 36.0 Å². The van der Waals surface area contributed by atoms with Gasteiger partial charge in [-0.3, -0.25) is 0 Å². The summed E-state index contributed by atoms with van der Waals surface area (Å²) in [4.78, 5) is 6.59. The van der Waals surface area contributed by atoms with Crippen LogP contribution >= 0.6 is 0 Å². The van der Waals surface area contributed by atoms with Gasteiger partial charge in [0.05, 0.1) is 13.3 Å². The molecule has 0 radical (unpaired) electrons. The molecule has 0 amide bonds. The van der Waals surface area contributed by atoms with Crippen LogP contribution in [-0.4, -0.2) is 35.9 Å². The SMILES string of the molecule is CCCCN(C)c1cnnc(NCc2ccccc2OC)n1. The Morgan fingerprint density at radius 2 is 2.09 bits per heavy atom. The second-order valence-corrected chi connectivity index (χ2v) is 5.08. The van der Waals surface area contributed by atoms with E-state index in [1.807, 2.05) is 31.3 Å². The van der Waals surface area contributed by atoms with E-state index in [9.17, 15) is 0 Å². The molecule has 2 aromatic rings. The van der Waals surface area contributed by atoms with Crippen molar-refractivity contribution in [3.63, 3.8) is 0 Å². The molecule has 1 aromatic carbocycles. The van der Waals surface area contributed by atoms with Gasteiger partial charge in [0.1, 0.15) is 5.75 Å². The minimum absolute atomic E-state index is 0.520. The van der Waals surface area contributed by atoms with E-state index >= 15 is 0 Å². The molecule has 1 aromatic heterocycles. The largest absolute Gasteiger partial charge is 0.496 e. The van der Waals surface area contributed by atoms with Crippen LogP contribution in [0.1, 0.15) is 25.3 Å². The molecule has 1 heterocycles. The zero-order chi connectivity index (χ0) is 15.8. The van der Waals surface area contributed by atoms with Gasteiger partial charge in [0.25, 0.3) is 0 Å². The molecule has 0 spiro atoms. The quantitative estimate of drug-likeness (QED) is 0.809. The van der Waals surface area contributed by atoms with Crippen molar-refractivity contribution < 1.29 is 4.74 Å². The highest BCUT2D eigenvalue weighted by Gasteiger charge is 2.06. The first kappa shape index (κ1) is 16.0. The zero-order valence-electron chi connectivity index (χ0n) is 13.4. The molecule has 0 atom stereocenters. The van der Waals surface area contributed by atoms with Gasteiger partial charge in [0.15, 0.2) is 5.82 Å². The van der Waals surface area contributed by atoms with Gasteiger partial charge in [0.2, 0.25) is 5.95 Å². The third-order valence-electron chi connectivity index (χ3n) is 3.41. The van der Waals surface area contributed by atoms with Gasteiger partial charge < -0.3 is 15.0 Å². The zero-order valence-corrected chi connectivity index (χ0v) is 13.4. The minimum Gasteiger partial charge on any atom is -0.496 e. The topological polar surface area (TPSA) is 63.2 Å². The van der Waals surface area contributed by atoms with Gasteiger partial charge in [-0.05, 0) is 12.5 Å². The van der Waals surface area contributed by atoms with E-state index < -0.39 is 0 Å². The second kappa shape index (κ2) is 8.17. The van der Waals surface area contributed by atoms with Crippen molar-refractivity contribution in [2.45, 2.75) is 26.3 Å². The maximum atomic E-state index is 5.34. The van der Waals surface area contributed by atoms with E-state index in [0.717, 1.165) is 36.5 Å². The summed E-state index contributed by atoms with van der Waals surface area (Å²) < 4.78 is 5.34. The number of rotatable bonds is 8. The van der Waals surface area contributed by atoms with Crippen LogP contribution in [0.3, 0.4) is 0 Å². The van der Waals surface area contributed by atoms with Crippen LogP contribution < -0.4 is 15.0 Å². The van der Waals surface area contributed by atoms with Gasteiger partial charge >= 0.3 is 0 Å². The Hall–Kier alpha value is -2.37. The lowest BCUT2D eigenvalue weighted by Gasteiger charge is -2.17. The number of nitrogens with one attached hydrogen (secondary N) is 1. The van der Waals surface area contributed by atoms with E-state index in [-0.39, 0.29) is 0 Å². The number of methoxy groups -OCH3 is 1. The number of unbranched alkanes of at least 4 members (excludes halogenated alkanes) is 1. The summed E-state index contributed by atoms with van der Waals surface area (Å²) in [6.45, 7) is 3.72. The minimum atomic E-state index is 0.520. The molecule has 22 heavy (non-hydrogen) atoms. The first-order valence-corrected chi connectivity index (χ1v) is 7.51. The van der Waals surface area contributed by atoms with Gasteiger partial charge in [-0.15, -0.1) is 5.10 Å². The summed E-state index contributed by atoms with van der Waals surface area (Å²) in [6.07, 6.45) is 3.97. The first-order chi connectivity index (χ1) is 10.7. The highest BCUT2D eigenvalue weighted by molar-refractivity contribution is 5.41. The Balaban J connectivity index is 2.01. The summed E-state index contributed by atoms with van der Waals surface area (Å²) in [6, 6.07) is 7.87. The summed E-state index contributed by atoms with van der Waals surface area (Å²) in [5.74, 6) is 2.19. The molecular weight excluding hydrogens is 278 g/mol. The Bertz CT molecular complexity index is 590. The predicted octanol–water partition coefficient (Wildman–Crippen LogP) is 2.73. The Kier molecular flexibility index (Phi) is 5.94. The molecule has 0 aliphatic heterocycles. The monoisotopic (exact) mass is 301 g/mol. The standard InChI is InChI=1S/C16H23N5O/c1-4-5-10-21(2)15-12-18-20-16(19-15)17-11-13-8-6-7-9-14(13)22-3/h6-9,12H,4-5,10-11H2,1-3H3,(H,17,19,20). The number of hydrogen-bond donors (Lipinski definition) is 1. The molecule has 0 bridgehead atoms. The van der Waals surface area contributed by atoms with Gasteiger partial charge in [0, 0.05) is 25.7 Å². The van der Waals surface area contributed by atoms with Crippen LogP contribution in [0.15, 0.2) is 30.5 Å². The lowest BCUT2D eigenvalue weighted by molar-refractivity contribution is 0.410. The Morgan fingerprint density at radius 1 is 1.27 bits per heavy atom. The van der Waals surface area contributed by atoms with Gasteiger partial charge in [-0.1, -0.05) is 31.5 Å². The lowest BCUT2D eigenvalue weighted by atomic mass is 10.2. The van der Waals surface area contributed by atoms with Crippen molar-refractivity contribution in [1.82, 2.24) is 15.2 Å². The lowest BCUT2D eigenvalue weighted by Crippen LogP contribution is -2.20. The van der Waals surface area contributed by atoms with Crippen LogP contribution in [0.4, 0.5) is 11.8 Å². The summed E-state index contributed by atoms with van der Waals surface area (Å²) in [7, 11) is 3.68. The highest BCUT2D eigenvalue weighted by atomic mass is 16.5. The maximum Gasteiger partial charge on any atom is 0.244 e. The highest BCUT2D eigenvalue weighted by Crippen LogP contribution is 2.18. The predicted molar refractivity (Wildman–Crippen MR) is 88.3 cm³/mol. The van der Waals surface area contributed by atoms with Crippen molar-refractivity contribution >= 4 is 11.8 Å². The molecule has 0 saturated carbocycles. The number of hydrogen-bond acceptors (Lipinski definition) is 6. The molecule has 6 heteroatoms. The molecule has 0 unspecified atom stereocenters. The molecule has 0 aliphatic carbocycles. The molecule has 1 N–H and O–H groups in total. The van der Waals surface area contributed by atoms with Crippen LogP contribution in [0, 0.1) is 0 Å². The Morgan fingerprint density at radius 3 is 2.86 bits per heavy atom. The van der Waals surface area contributed by atoms with Crippen molar-refractivity contribution in [2.24, 2.45) is 0 Å². The van der Waals surface area contributed by atoms with Gasteiger partial charge in [-0.25, -0.2) is 0 Å². The fraction of sp³-hybridized carbons (Fsp3) is 0.438. The van der Waals surface area contributed by atoms with Crippen LogP contribution in [0.25, 0.3) is 0 Å². The normalized spacial score (nSPS) is 10.3. The van der Waals surface area contributed by atoms with Crippen LogP contribution in [-0.2, 0) is 6.54 Å². The van der Waals surface area contributed by atoms with Gasteiger partial charge in [-0.2, -0.15) is 10.1 Å². The van der Waals surface area contributed by atoms with Crippen molar-refractivity contribution in [1.29, 1.82) is 0 Å². The third-order valence-corrected chi connectivity index (χ3v) is 3.41. The summed E-state index contributed by atoms with van der Waals surface area (Å²) in [5, 5.41) is 11.2. The van der Waals surface area contributed by atoms with E-state index in [1.54, 1.807) is 13.3 Å². The molecule has 2 rings (SSSR count). The molecule has 0 fully saturated rings. The van der Waals surface area contributed by atoms with E-state index in [4.69, 9.17) is 4.74 Å². The summed E-state index contributed by atoms with van der Waals surface area (Å²) >= 11 is 0. The van der Waals surface area contributed by atoms with E-state index in [1.165, 1.54) is 0 Å². The first-order valence-electron chi connectivity index (χ1n) is 7.51. The van der Waals surface area contributed by atoms with Crippen molar-refractivity contribution in [2.75, 3.05) is 30.9 Å². The smallest absolute Gasteiger partial charge is 0.244 e. The van der Waals surface area contributed by atoms with Crippen molar-refractivity contribution in [3.8, 4) is 5.75 Å². The Labute approximate surface area is 131 Å².